The van der Waals surface area contributed by atoms with E-state index in [4.69, 9.17) is 0 Å². The molecule has 1 aliphatic rings. The zero-order valence-corrected chi connectivity index (χ0v) is 11.1. The molecule has 5 heteroatoms. The Morgan fingerprint density at radius 1 is 1.12 bits per heavy atom. The molecule has 1 aromatic heterocycles. The normalized spacial score (nSPS) is 16.2. The van der Waals surface area contributed by atoms with Crippen LogP contribution in [0.1, 0.15) is 18.9 Å². The fraction of sp³-hybridized carbons (Fsp3) is 0.417. The highest BCUT2D eigenvalue weighted by atomic mass is 35.5. The number of benzene rings is 1. The first-order valence-corrected chi connectivity index (χ1v) is 5.57. The van der Waals surface area contributed by atoms with Crippen molar-refractivity contribution >= 4 is 35.8 Å². The standard InChI is InChI=1S/C12H15N3.2ClH/c1-2-4-12-11(3-1)14-9-15(12)10-5-7-13-8-6-10;;/h1-4,9-10,13H,5-8H2;2*1H. The topological polar surface area (TPSA) is 29.9 Å². The predicted molar refractivity (Wildman–Crippen MR) is 75.4 cm³/mol. The van der Waals surface area contributed by atoms with E-state index in [2.05, 4.69) is 33.1 Å². The quantitative estimate of drug-likeness (QED) is 0.866. The number of imidazole rings is 1. The van der Waals surface area contributed by atoms with Crippen LogP contribution in [0.3, 0.4) is 0 Å². The van der Waals surface area contributed by atoms with Gasteiger partial charge < -0.3 is 9.88 Å². The van der Waals surface area contributed by atoms with Crippen LogP contribution in [-0.4, -0.2) is 22.6 Å². The molecule has 1 fully saturated rings. The number of piperidine rings is 1. The van der Waals surface area contributed by atoms with Crippen LogP contribution in [-0.2, 0) is 0 Å². The van der Waals surface area contributed by atoms with Gasteiger partial charge in [0.25, 0.3) is 0 Å². The van der Waals surface area contributed by atoms with E-state index >= 15 is 0 Å². The molecule has 2 heterocycles. The summed E-state index contributed by atoms with van der Waals surface area (Å²) in [6.07, 6.45) is 4.40. The summed E-state index contributed by atoms with van der Waals surface area (Å²) in [6.45, 7) is 2.24. The van der Waals surface area contributed by atoms with Crippen LogP contribution in [0.2, 0.25) is 0 Å². The number of fused-ring (bicyclic) bond motifs is 1. The van der Waals surface area contributed by atoms with E-state index in [9.17, 15) is 0 Å². The molecule has 1 aromatic carbocycles. The molecule has 0 aliphatic carbocycles. The van der Waals surface area contributed by atoms with E-state index in [0.29, 0.717) is 6.04 Å². The molecule has 3 rings (SSSR count). The Morgan fingerprint density at radius 3 is 2.59 bits per heavy atom. The van der Waals surface area contributed by atoms with Gasteiger partial charge in [0.05, 0.1) is 17.4 Å². The molecule has 0 spiro atoms. The molecular weight excluding hydrogens is 257 g/mol. The van der Waals surface area contributed by atoms with Gasteiger partial charge in [-0.05, 0) is 38.1 Å². The Morgan fingerprint density at radius 2 is 1.82 bits per heavy atom. The van der Waals surface area contributed by atoms with Crippen molar-refractivity contribution in [3.8, 4) is 0 Å². The number of halogens is 2. The fourth-order valence-electron chi connectivity index (χ4n) is 2.35. The van der Waals surface area contributed by atoms with Gasteiger partial charge in [-0.1, -0.05) is 12.1 Å². The molecule has 0 saturated carbocycles. The Labute approximate surface area is 113 Å². The van der Waals surface area contributed by atoms with Crippen LogP contribution in [0.4, 0.5) is 0 Å². The minimum Gasteiger partial charge on any atom is -0.327 e. The Bertz CT molecular complexity index is 463. The maximum atomic E-state index is 4.44. The lowest BCUT2D eigenvalue weighted by atomic mass is 10.1. The second-order valence-corrected chi connectivity index (χ2v) is 4.12. The van der Waals surface area contributed by atoms with Gasteiger partial charge in [0.2, 0.25) is 0 Å². The first kappa shape index (κ1) is 14.3. The Balaban J connectivity index is 0.000000722. The number of nitrogens with one attached hydrogen (secondary N) is 1. The molecule has 94 valence electrons. The van der Waals surface area contributed by atoms with Gasteiger partial charge in [0, 0.05) is 6.04 Å². The summed E-state index contributed by atoms with van der Waals surface area (Å²) in [5, 5.41) is 3.39. The number of aromatic nitrogens is 2. The molecular formula is C12H17Cl2N3. The number of hydrogen-bond donors (Lipinski definition) is 1. The third-order valence-corrected chi connectivity index (χ3v) is 3.18. The van der Waals surface area contributed by atoms with Crippen molar-refractivity contribution in [3.63, 3.8) is 0 Å². The summed E-state index contributed by atoms with van der Waals surface area (Å²) >= 11 is 0. The van der Waals surface area contributed by atoms with E-state index in [-0.39, 0.29) is 24.8 Å². The smallest absolute Gasteiger partial charge is 0.0960 e. The van der Waals surface area contributed by atoms with E-state index in [1.54, 1.807) is 0 Å². The van der Waals surface area contributed by atoms with Gasteiger partial charge in [0.1, 0.15) is 0 Å². The summed E-state index contributed by atoms with van der Waals surface area (Å²) in [7, 11) is 0. The lowest BCUT2D eigenvalue weighted by molar-refractivity contribution is 0.374. The summed E-state index contributed by atoms with van der Waals surface area (Å²) in [6, 6.07) is 8.99. The van der Waals surface area contributed by atoms with E-state index < -0.39 is 0 Å². The molecule has 0 atom stereocenters. The van der Waals surface area contributed by atoms with Gasteiger partial charge in [-0.25, -0.2) is 4.98 Å². The molecule has 1 aliphatic heterocycles. The van der Waals surface area contributed by atoms with Gasteiger partial charge in [-0.3, -0.25) is 0 Å². The van der Waals surface area contributed by atoms with Crippen LogP contribution in [0.25, 0.3) is 11.0 Å². The van der Waals surface area contributed by atoms with Crippen molar-refractivity contribution in [3.05, 3.63) is 30.6 Å². The first-order chi connectivity index (χ1) is 7.45. The SMILES string of the molecule is Cl.Cl.c1ccc2c(c1)ncn2C1CCNCC1. The third kappa shape index (κ3) is 2.73. The highest BCUT2D eigenvalue weighted by molar-refractivity contribution is 5.85. The van der Waals surface area contributed by atoms with Crippen molar-refractivity contribution in [1.29, 1.82) is 0 Å². The molecule has 17 heavy (non-hydrogen) atoms. The zero-order valence-electron chi connectivity index (χ0n) is 9.50. The van der Waals surface area contributed by atoms with Crippen LogP contribution < -0.4 is 5.32 Å². The van der Waals surface area contributed by atoms with Crippen LogP contribution in [0.15, 0.2) is 30.6 Å². The lowest BCUT2D eigenvalue weighted by Gasteiger charge is -2.24. The summed E-state index contributed by atoms with van der Waals surface area (Å²) in [5.74, 6) is 0. The van der Waals surface area contributed by atoms with Gasteiger partial charge in [-0.2, -0.15) is 0 Å². The average Bonchev–Trinajstić information content (AvgIpc) is 2.74. The molecule has 0 bridgehead atoms. The predicted octanol–water partition coefficient (Wildman–Crippen LogP) is 2.80. The average molecular weight is 274 g/mol. The summed E-state index contributed by atoms with van der Waals surface area (Å²) in [5.41, 5.74) is 2.38. The molecule has 0 radical (unpaired) electrons. The Hall–Kier alpha value is -0.770. The third-order valence-electron chi connectivity index (χ3n) is 3.18. The molecule has 2 aromatic rings. The lowest BCUT2D eigenvalue weighted by Crippen LogP contribution is -2.29. The number of nitrogens with zero attached hydrogens (tertiary/aromatic N) is 2. The maximum absolute atomic E-state index is 4.44. The van der Waals surface area contributed by atoms with Gasteiger partial charge >= 0.3 is 0 Å². The van der Waals surface area contributed by atoms with E-state index in [0.717, 1.165) is 18.6 Å². The molecule has 1 saturated heterocycles. The number of hydrogen-bond acceptors (Lipinski definition) is 2. The monoisotopic (exact) mass is 273 g/mol. The first-order valence-electron chi connectivity index (χ1n) is 5.57. The van der Waals surface area contributed by atoms with Crippen molar-refractivity contribution in [2.24, 2.45) is 0 Å². The van der Waals surface area contributed by atoms with Crippen molar-refractivity contribution in [2.45, 2.75) is 18.9 Å². The maximum Gasteiger partial charge on any atom is 0.0960 e. The molecule has 0 amide bonds. The van der Waals surface area contributed by atoms with Gasteiger partial charge in [-0.15, -0.1) is 24.8 Å². The largest absolute Gasteiger partial charge is 0.327 e. The van der Waals surface area contributed by atoms with Gasteiger partial charge in [0.15, 0.2) is 0 Å². The minimum atomic E-state index is 0. The highest BCUT2D eigenvalue weighted by Crippen LogP contribution is 2.23. The van der Waals surface area contributed by atoms with E-state index in [1.807, 2.05) is 12.4 Å². The second-order valence-electron chi connectivity index (χ2n) is 4.12. The Kier molecular flexibility index (Phi) is 5.25. The van der Waals surface area contributed by atoms with Crippen molar-refractivity contribution in [2.75, 3.05) is 13.1 Å². The summed E-state index contributed by atoms with van der Waals surface area (Å²) in [4.78, 5) is 4.44. The van der Waals surface area contributed by atoms with Crippen LogP contribution in [0, 0.1) is 0 Å². The molecule has 3 nitrogen and oxygen atoms in total. The molecule has 1 N–H and O–H groups in total. The zero-order chi connectivity index (χ0) is 10.1. The highest BCUT2D eigenvalue weighted by Gasteiger charge is 2.16. The van der Waals surface area contributed by atoms with E-state index in [1.165, 1.54) is 18.4 Å². The fourth-order valence-corrected chi connectivity index (χ4v) is 2.35. The number of rotatable bonds is 1. The minimum absolute atomic E-state index is 0. The van der Waals surface area contributed by atoms with Crippen molar-refractivity contribution in [1.82, 2.24) is 14.9 Å². The molecule has 0 unspecified atom stereocenters. The van der Waals surface area contributed by atoms with Crippen LogP contribution >= 0.6 is 24.8 Å². The van der Waals surface area contributed by atoms with Crippen LogP contribution in [0.5, 0.6) is 0 Å². The summed E-state index contributed by atoms with van der Waals surface area (Å²) < 4.78 is 2.33. The number of para-hydroxylation sites is 2. The van der Waals surface area contributed by atoms with Crippen molar-refractivity contribution < 1.29 is 0 Å². The second kappa shape index (κ2) is 6.24.